The molecule has 0 unspecified atom stereocenters. The Morgan fingerprint density at radius 1 is 1.03 bits per heavy atom. The second-order valence-electron chi connectivity index (χ2n) is 7.42. The number of furan rings is 1. The van der Waals surface area contributed by atoms with Crippen molar-refractivity contribution in [3.63, 3.8) is 0 Å². The van der Waals surface area contributed by atoms with Crippen LogP contribution in [0.4, 0.5) is 5.69 Å². The van der Waals surface area contributed by atoms with Gasteiger partial charge in [0.2, 0.25) is 5.91 Å². The summed E-state index contributed by atoms with van der Waals surface area (Å²) in [5.74, 6) is 2.03. The molecular formula is C24H24N4O2S. The number of carbonyl (C=O) groups is 1. The number of anilines is 1. The van der Waals surface area contributed by atoms with E-state index >= 15 is 0 Å². The Kier molecular flexibility index (Phi) is 6.52. The van der Waals surface area contributed by atoms with Crippen molar-refractivity contribution in [2.75, 3.05) is 11.1 Å². The molecule has 1 N–H and O–H groups in total. The van der Waals surface area contributed by atoms with E-state index in [1.54, 1.807) is 6.26 Å². The molecule has 0 fully saturated rings. The molecule has 2 heterocycles. The summed E-state index contributed by atoms with van der Waals surface area (Å²) in [5, 5.41) is 12.4. The lowest BCUT2D eigenvalue weighted by Crippen LogP contribution is -2.16. The number of aromatic nitrogens is 3. The van der Waals surface area contributed by atoms with Gasteiger partial charge in [-0.3, -0.25) is 9.36 Å². The maximum atomic E-state index is 12.7. The lowest BCUT2D eigenvalue weighted by atomic mass is 10.0. The van der Waals surface area contributed by atoms with E-state index in [2.05, 4.69) is 29.4 Å². The maximum Gasteiger partial charge on any atom is 0.234 e. The number of thioether (sulfide) groups is 1. The molecule has 0 saturated carbocycles. The van der Waals surface area contributed by atoms with Crippen LogP contribution in [0.25, 0.3) is 11.4 Å². The van der Waals surface area contributed by atoms with Crippen LogP contribution in [0.1, 0.15) is 31.1 Å². The monoisotopic (exact) mass is 432 g/mol. The maximum absolute atomic E-state index is 12.7. The molecule has 0 aliphatic carbocycles. The van der Waals surface area contributed by atoms with Crippen molar-refractivity contribution < 1.29 is 9.21 Å². The van der Waals surface area contributed by atoms with Crippen LogP contribution in [0.2, 0.25) is 0 Å². The van der Waals surface area contributed by atoms with Gasteiger partial charge in [-0.05, 0) is 29.7 Å². The van der Waals surface area contributed by atoms with E-state index in [-0.39, 0.29) is 11.7 Å². The topological polar surface area (TPSA) is 73.0 Å². The molecule has 2 aromatic carbocycles. The first kappa shape index (κ1) is 20.9. The van der Waals surface area contributed by atoms with Crippen LogP contribution in [-0.4, -0.2) is 26.4 Å². The van der Waals surface area contributed by atoms with E-state index in [0.717, 1.165) is 28.4 Å². The second kappa shape index (κ2) is 9.66. The zero-order valence-corrected chi connectivity index (χ0v) is 18.3. The fraction of sp³-hybridized carbons (Fsp3) is 0.208. The van der Waals surface area contributed by atoms with E-state index in [1.807, 2.05) is 71.3 Å². The van der Waals surface area contributed by atoms with Crippen molar-refractivity contribution in [1.82, 2.24) is 14.8 Å². The predicted molar refractivity (Wildman–Crippen MR) is 123 cm³/mol. The normalized spacial score (nSPS) is 11.1. The second-order valence-corrected chi connectivity index (χ2v) is 8.36. The van der Waals surface area contributed by atoms with Crippen LogP contribution in [0.15, 0.2) is 82.6 Å². The van der Waals surface area contributed by atoms with Crippen LogP contribution in [0.5, 0.6) is 0 Å². The summed E-state index contributed by atoms with van der Waals surface area (Å²) in [7, 11) is 0. The SMILES string of the molecule is CC(C)c1ccccc1NC(=O)CSc1nnc(-c2ccccc2)n1Cc1ccco1. The number of rotatable bonds is 8. The summed E-state index contributed by atoms with van der Waals surface area (Å²) in [6, 6.07) is 21.5. The fourth-order valence-corrected chi connectivity index (χ4v) is 4.07. The minimum absolute atomic E-state index is 0.0769. The number of hydrogen-bond donors (Lipinski definition) is 1. The summed E-state index contributed by atoms with van der Waals surface area (Å²) < 4.78 is 7.51. The van der Waals surface area contributed by atoms with Gasteiger partial charge in [-0.25, -0.2) is 0 Å². The minimum atomic E-state index is -0.0769. The molecule has 0 radical (unpaired) electrons. The highest BCUT2D eigenvalue weighted by molar-refractivity contribution is 7.99. The number of nitrogens with one attached hydrogen (secondary N) is 1. The lowest BCUT2D eigenvalue weighted by Gasteiger charge is -2.13. The van der Waals surface area contributed by atoms with Crippen molar-refractivity contribution in [3.05, 3.63) is 84.3 Å². The third-order valence-electron chi connectivity index (χ3n) is 4.83. The number of carbonyl (C=O) groups excluding carboxylic acids is 1. The summed E-state index contributed by atoms with van der Waals surface area (Å²) >= 11 is 1.36. The van der Waals surface area contributed by atoms with Crippen molar-refractivity contribution in [1.29, 1.82) is 0 Å². The first-order valence-corrected chi connectivity index (χ1v) is 11.1. The minimum Gasteiger partial charge on any atom is -0.467 e. The molecular weight excluding hydrogens is 408 g/mol. The van der Waals surface area contributed by atoms with Crippen molar-refractivity contribution >= 4 is 23.4 Å². The molecule has 31 heavy (non-hydrogen) atoms. The molecule has 7 heteroatoms. The van der Waals surface area contributed by atoms with Gasteiger partial charge in [0.15, 0.2) is 11.0 Å². The van der Waals surface area contributed by atoms with Gasteiger partial charge in [-0.2, -0.15) is 0 Å². The third-order valence-corrected chi connectivity index (χ3v) is 5.80. The van der Waals surface area contributed by atoms with Gasteiger partial charge in [0.25, 0.3) is 0 Å². The molecule has 6 nitrogen and oxygen atoms in total. The summed E-state index contributed by atoms with van der Waals surface area (Å²) in [4.78, 5) is 12.7. The number of nitrogens with zero attached hydrogens (tertiary/aromatic N) is 3. The van der Waals surface area contributed by atoms with Crippen LogP contribution >= 0.6 is 11.8 Å². The van der Waals surface area contributed by atoms with Gasteiger partial charge in [0.1, 0.15) is 5.76 Å². The first-order valence-electron chi connectivity index (χ1n) is 10.1. The van der Waals surface area contributed by atoms with Crippen LogP contribution in [0, 0.1) is 0 Å². The Morgan fingerprint density at radius 2 is 1.81 bits per heavy atom. The number of benzene rings is 2. The third kappa shape index (κ3) is 5.06. The highest BCUT2D eigenvalue weighted by atomic mass is 32.2. The number of amides is 1. The lowest BCUT2D eigenvalue weighted by molar-refractivity contribution is -0.113. The smallest absolute Gasteiger partial charge is 0.234 e. The molecule has 4 aromatic rings. The summed E-state index contributed by atoms with van der Waals surface area (Å²) in [6.07, 6.45) is 1.65. The van der Waals surface area contributed by atoms with Gasteiger partial charge in [0, 0.05) is 11.3 Å². The summed E-state index contributed by atoms with van der Waals surface area (Å²) in [5.41, 5.74) is 2.93. The highest BCUT2D eigenvalue weighted by Gasteiger charge is 2.17. The average Bonchev–Trinajstić information content (AvgIpc) is 3.43. The molecule has 0 spiro atoms. The van der Waals surface area contributed by atoms with Crippen molar-refractivity contribution in [3.8, 4) is 11.4 Å². The molecule has 0 aliphatic heterocycles. The van der Waals surface area contributed by atoms with Gasteiger partial charge < -0.3 is 9.73 Å². The molecule has 0 bridgehead atoms. The zero-order valence-electron chi connectivity index (χ0n) is 17.5. The van der Waals surface area contributed by atoms with Gasteiger partial charge in [-0.1, -0.05) is 74.1 Å². The highest BCUT2D eigenvalue weighted by Crippen LogP contribution is 2.27. The predicted octanol–water partition coefficient (Wildman–Crippen LogP) is 5.44. The fourth-order valence-electron chi connectivity index (χ4n) is 3.33. The number of para-hydroxylation sites is 1. The molecule has 1 amide bonds. The molecule has 0 atom stereocenters. The molecule has 158 valence electrons. The summed E-state index contributed by atoms with van der Waals surface area (Å²) in [6.45, 7) is 4.72. The molecule has 0 saturated heterocycles. The van der Waals surface area contributed by atoms with E-state index < -0.39 is 0 Å². The Balaban J connectivity index is 1.52. The van der Waals surface area contributed by atoms with Gasteiger partial charge in [0.05, 0.1) is 18.6 Å². The quantitative estimate of drug-likeness (QED) is 0.375. The van der Waals surface area contributed by atoms with Crippen LogP contribution < -0.4 is 5.32 Å². The van der Waals surface area contributed by atoms with Gasteiger partial charge in [-0.15, -0.1) is 10.2 Å². The van der Waals surface area contributed by atoms with E-state index in [0.29, 0.717) is 17.6 Å². The Bertz CT molecular complexity index is 1140. The van der Waals surface area contributed by atoms with Gasteiger partial charge >= 0.3 is 0 Å². The van der Waals surface area contributed by atoms with E-state index in [9.17, 15) is 4.79 Å². The Hall–Kier alpha value is -3.32. The van der Waals surface area contributed by atoms with Crippen molar-refractivity contribution in [2.45, 2.75) is 31.5 Å². The van der Waals surface area contributed by atoms with Crippen LogP contribution in [0.3, 0.4) is 0 Å². The van der Waals surface area contributed by atoms with E-state index in [4.69, 9.17) is 4.42 Å². The Labute approximate surface area is 185 Å². The van der Waals surface area contributed by atoms with Crippen molar-refractivity contribution in [2.24, 2.45) is 0 Å². The largest absolute Gasteiger partial charge is 0.467 e. The van der Waals surface area contributed by atoms with E-state index in [1.165, 1.54) is 11.8 Å². The molecule has 4 rings (SSSR count). The average molecular weight is 433 g/mol. The Morgan fingerprint density at radius 3 is 2.55 bits per heavy atom. The number of hydrogen-bond acceptors (Lipinski definition) is 5. The molecule has 0 aliphatic rings. The van der Waals surface area contributed by atoms with Crippen LogP contribution in [-0.2, 0) is 11.3 Å². The standard InChI is InChI=1S/C24H24N4O2S/c1-17(2)20-12-6-7-13-21(20)25-22(29)16-31-24-27-26-23(18-9-4-3-5-10-18)28(24)15-19-11-8-14-30-19/h3-14,17H,15-16H2,1-2H3,(H,25,29). The zero-order chi connectivity index (χ0) is 21.6. The molecule has 2 aromatic heterocycles. The first-order chi connectivity index (χ1) is 15.1.